The Hall–Kier alpha value is -1.12. The smallest absolute Gasteiger partial charge is 0.253 e. The maximum atomic E-state index is 11.4. The molecule has 1 saturated carbocycles. The summed E-state index contributed by atoms with van der Waals surface area (Å²) in [5.74, 6) is -0.238. The lowest BCUT2D eigenvalue weighted by Gasteiger charge is -2.27. The lowest BCUT2D eigenvalue weighted by molar-refractivity contribution is -0.141. The molecule has 1 aliphatic carbocycles. The molecule has 1 fully saturated rings. The summed E-state index contributed by atoms with van der Waals surface area (Å²) in [5, 5.41) is 0. The van der Waals surface area contributed by atoms with Crippen LogP contribution in [0.25, 0.3) is 0 Å². The number of fused-ring (bicyclic) bond motifs is 1. The summed E-state index contributed by atoms with van der Waals surface area (Å²) in [6.45, 7) is 1.46. The fourth-order valence-electron chi connectivity index (χ4n) is 2.24. The quantitative estimate of drug-likeness (QED) is 0.561. The van der Waals surface area contributed by atoms with E-state index in [0.29, 0.717) is 0 Å². The summed E-state index contributed by atoms with van der Waals surface area (Å²) < 4.78 is 0. The van der Waals surface area contributed by atoms with Gasteiger partial charge in [-0.05, 0) is 24.8 Å². The second-order valence-corrected chi connectivity index (χ2v) is 3.71. The van der Waals surface area contributed by atoms with Crippen LogP contribution >= 0.6 is 0 Å². The third-order valence-corrected chi connectivity index (χ3v) is 2.82. The van der Waals surface area contributed by atoms with Gasteiger partial charge in [0.15, 0.2) is 0 Å². The van der Waals surface area contributed by atoms with Crippen LogP contribution < -0.4 is 0 Å². The molecule has 1 heterocycles. The van der Waals surface area contributed by atoms with Gasteiger partial charge in [0.25, 0.3) is 5.91 Å². The Balaban J connectivity index is 2.25. The predicted octanol–water partition coefficient (Wildman–Crippen LogP) is 1.24. The van der Waals surface area contributed by atoms with Crippen LogP contribution in [0.4, 0.5) is 0 Å². The molecule has 2 aliphatic rings. The Morgan fingerprint density at radius 3 is 3.00 bits per heavy atom. The number of carbonyl (C=O) groups is 2. The van der Waals surface area contributed by atoms with Gasteiger partial charge in [-0.15, -0.1) is 0 Å². The van der Waals surface area contributed by atoms with Crippen molar-refractivity contribution in [2.75, 3.05) is 0 Å². The highest BCUT2D eigenvalue weighted by atomic mass is 16.2. The van der Waals surface area contributed by atoms with Gasteiger partial charge in [0.05, 0.1) is 6.04 Å². The second-order valence-electron chi connectivity index (χ2n) is 3.71. The molecule has 3 nitrogen and oxygen atoms in total. The molecule has 0 saturated heterocycles. The van der Waals surface area contributed by atoms with Crippen molar-refractivity contribution in [2.45, 2.75) is 38.6 Å². The molecule has 0 aromatic heterocycles. The minimum absolute atomic E-state index is 0.0961. The third-order valence-electron chi connectivity index (χ3n) is 2.82. The van der Waals surface area contributed by atoms with Crippen molar-refractivity contribution in [1.29, 1.82) is 0 Å². The SMILES string of the molecule is CC(=O)N1C(=O)C=C2CCCC[C@@H]21. The fourth-order valence-corrected chi connectivity index (χ4v) is 2.24. The van der Waals surface area contributed by atoms with Gasteiger partial charge in [-0.1, -0.05) is 6.42 Å². The highest BCUT2D eigenvalue weighted by Crippen LogP contribution is 2.32. The Labute approximate surface area is 77.4 Å². The van der Waals surface area contributed by atoms with E-state index in [0.717, 1.165) is 31.3 Å². The van der Waals surface area contributed by atoms with Crippen molar-refractivity contribution in [1.82, 2.24) is 4.90 Å². The van der Waals surface area contributed by atoms with Crippen LogP contribution in [-0.4, -0.2) is 22.8 Å². The van der Waals surface area contributed by atoms with Crippen LogP contribution in [0.2, 0.25) is 0 Å². The van der Waals surface area contributed by atoms with Crippen LogP contribution in [0.5, 0.6) is 0 Å². The van der Waals surface area contributed by atoms with Gasteiger partial charge in [-0.2, -0.15) is 0 Å². The maximum absolute atomic E-state index is 11.4. The molecule has 0 aromatic carbocycles. The minimum atomic E-state index is -0.122. The zero-order valence-corrected chi connectivity index (χ0v) is 7.75. The first kappa shape index (κ1) is 8.48. The van der Waals surface area contributed by atoms with Gasteiger partial charge in [0.2, 0.25) is 5.91 Å². The Kier molecular flexibility index (Phi) is 1.94. The lowest BCUT2D eigenvalue weighted by atomic mass is 9.91. The van der Waals surface area contributed by atoms with E-state index < -0.39 is 0 Å². The van der Waals surface area contributed by atoms with Crippen molar-refractivity contribution in [3.05, 3.63) is 11.6 Å². The lowest BCUT2D eigenvalue weighted by Crippen LogP contribution is -2.39. The van der Waals surface area contributed by atoms with Crippen LogP contribution in [-0.2, 0) is 9.59 Å². The molecule has 1 aliphatic heterocycles. The van der Waals surface area contributed by atoms with Crippen LogP contribution in [0.3, 0.4) is 0 Å². The zero-order valence-electron chi connectivity index (χ0n) is 7.75. The standard InChI is InChI=1S/C10H13NO2/c1-7(12)11-9-5-3-2-4-8(9)6-10(11)13/h6,9H,2-5H2,1H3/t9-/m0/s1. The molecule has 0 unspecified atom stereocenters. The van der Waals surface area contributed by atoms with Gasteiger partial charge in [-0.25, -0.2) is 0 Å². The number of nitrogens with zero attached hydrogens (tertiary/aromatic N) is 1. The van der Waals surface area contributed by atoms with E-state index in [-0.39, 0.29) is 17.9 Å². The third kappa shape index (κ3) is 1.28. The summed E-state index contributed by atoms with van der Waals surface area (Å²) >= 11 is 0. The molecular weight excluding hydrogens is 166 g/mol. The Morgan fingerprint density at radius 1 is 1.54 bits per heavy atom. The van der Waals surface area contributed by atoms with E-state index in [1.165, 1.54) is 11.8 Å². The number of hydrogen-bond donors (Lipinski definition) is 0. The van der Waals surface area contributed by atoms with Gasteiger partial charge in [0.1, 0.15) is 0 Å². The molecule has 0 radical (unpaired) electrons. The van der Waals surface area contributed by atoms with E-state index in [9.17, 15) is 9.59 Å². The van der Waals surface area contributed by atoms with E-state index in [2.05, 4.69) is 0 Å². The zero-order chi connectivity index (χ0) is 9.42. The monoisotopic (exact) mass is 179 g/mol. The largest absolute Gasteiger partial charge is 0.275 e. The summed E-state index contributed by atoms with van der Waals surface area (Å²) in [4.78, 5) is 24.0. The van der Waals surface area contributed by atoms with Gasteiger partial charge in [0, 0.05) is 13.0 Å². The summed E-state index contributed by atoms with van der Waals surface area (Å²) in [5.41, 5.74) is 1.16. The topological polar surface area (TPSA) is 37.4 Å². The number of carbonyl (C=O) groups excluding carboxylic acids is 2. The van der Waals surface area contributed by atoms with Crippen molar-refractivity contribution >= 4 is 11.8 Å². The molecular formula is C10H13NO2. The molecule has 0 N–H and O–H groups in total. The number of hydrogen-bond acceptors (Lipinski definition) is 2. The molecule has 3 heteroatoms. The first-order valence-corrected chi connectivity index (χ1v) is 4.74. The van der Waals surface area contributed by atoms with Crippen LogP contribution in [0.15, 0.2) is 11.6 Å². The number of amides is 2. The van der Waals surface area contributed by atoms with Gasteiger partial charge >= 0.3 is 0 Å². The van der Waals surface area contributed by atoms with E-state index in [1.54, 1.807) is 6.08 Å². The van der Waals surface area contributed by atoms with E-state index >= 15 is 0 Å². The first-order chi connectivity index (χ1) is 6.20. The van der Waals surface area contributed by atoms with E-state index in [1.807, 2.05) is 0 Å². The molecule has 13 heavy (non-hydrogen) atoms. The summed E-state index contributed by atoms with van der Waals surface area (Å²) in [6.07, 6.45) is 5.86. The maximum Gasteiger partial charge on any atom is 0.253 e. The molecule has 1 atom stereocenters. The number of imide groups is 1. The molecule has 0 bridgehead atoms. The van der Waals surface area contributed by atoms with Crippen molar-refractivity contribution < 1.29 is 9.59 Å². The van der Waals surface area contributed by atoms with Crippen molar-refractivity contribution in [3.63, 3.8) is 0 Å². The minimum Gasteiger partial charge on any atom is -0.275 e. The van der Waals surface area contributed by atoms with Crippen molar-refractivity contribution in [3.8, 4) is 0 Å². The summed E-state index contributed by atoms with van der Waals surface area (Å²) in [6, 6.07) is 0.0961. The number of rotatable bonds is 0. The van der Waals surface area contributed by atoms with Crippen LogP contribution in [0.1, 0.15) is 32.6 Å². The molecule has 70 valence electrons. The average molecular weight is 179 g/mol. The van der Waals surface area contributed by atoms with Crippen molar-refractivity contribution in [2.24, 2.45) is 0 Å². The average Bonchev–Trinajstić information content (AvgIpc) is 2.39. The summed E-state index contributed by atoms with van der Waals surface area (Å²) in [7, 11) is 0. The fraction of sp³-hybridized carbons (Fsp3) is 0.600. The second kappa shape index (κ2) is 2.98. The first-order valence-electron chi connectivity index (χ1n) is 4.74. The molecule has 2 amide bonds. The van der Waals surface area contributed by atoms with Gasteiger partial charge < -0.3 is 0 Å². The predicted molar refractivity (Wildman–Crippen MR) is 47.9 cm³/mol. The van der Waals surface area contributed by atoms with Gasteiger partial charge in [-0.3, -0.25) is 14.5 Å². The highest BCUT2D eigenvalue weighted by Gasteiger charge is 2.36. The normalized spacial score (nSPS) is 27.2. The Morgan fingerprint density at radius 2 is 2.31 bits per heavy atom. The highest BCUT2D eigenvalue weighted by molar-refractivity contribution is 6.03. The molecule has 0 spiro atoms. The molecule has 0 aromatic rings. The van der Waals surface area contributed by atoms with Crippen LogP contribution in [0, 0.1) is 0 Å². The molecule has 2 rings (SSSR count). The van der Waals surface area contributed by atoms with E-state index in [4.69, 9.17) is 0 Å². The Bertz CT molecular complexity index is 293.